The summed E-state index contributed by atoms with van der Waals surface area (Å²) in [7, 11) is 0. The lowest BCUT2D eigenvalue weighted by Crippen LogP contribution is -2.44. The summed E-state index contributed by atoms with van der Waals surface area (Å²) >= 11 is 0. The molecule has 0 aromatic carbocycles. The largest absolute Gasteiger partial charge is 0.351 e. The highest BCUT2D eigenvalue weighted by Crippen LogP contribution is 2.22. The van der Waals surface area contributed by atoms with E-state index in [1.807, 2.05) is 19.9 Å². The molecule has 2 aromatic rings. The van der Waals surface area contributed by atoms with E-state index in [9.17, 15) is 4.79 Å². The molecule has 2 atom stereocenters. The zero-order chi connectivity index (χ0) is 18.0. The van der Waals surface area contributed by atoms with Gasteiger partial charge in [-0.1, -0.05) is 6.42 Å². The van der Waals surface area contributed by atoms with Gasteiger partial charge in [-0.25, -0.2) is 9.50 Å². The monoisotopic (exact) mass is 343 g/mol. The maximum absolute atomic E-state index is 12.4. The third-order valence-electron chi connectivity index (χ3n) is 5.22. The number of likely N-dealkylation sites (tertiary alicyclic amines) is 1. The Balaban J connectivity index is 1.53. The fourth-order valence-electron chi connectivity index (χ4n) is 3.87. The van der Waals surface area contributed by atoms with E-state index in [2.05, 4.69) is 34.1 Å². The smallest absolute Gasteiger partial charge is 0.271 e. The van der Waals surface area contributed by atoms with E-state index in [0.29, 0.717) is 24.3 Å². The van der Waals surface area contributed by atoms with Crippen LogP contribution in [0.1, 0.15) is 61.4 Å². The van der Waals surface area contributed by atoms with Crippen LogP contribution in [0.25, 0.3) is 5.65 Å². The molecule has 0 spiro atoms. The Bertz CT molecular complexity index is 744. The molecule has 1 aliphatic rings. The van der Waals surface area contributed by atoms with Crippen molar-refractivity contribution in [1.29, 1.82) is 0 Å². The molecule has 3 heterocycles. The molecule has 136 valence electrons. The van der Waals surface area contributed by atoms with Gasteiger partial charge in [0.25, 0.3) is 5.91 Å². The summed E-state index contributed by atoms with van der Waals surface area (Å²) in [5, 5.41) is 7.37. The van der Waals surface area contributed by atoms with Crippen LogP contribution >= 0.6 is 0 Å². The summed E-state index contributed by atoms with van der Waals surface area (Å²) in [6.07, 6.45) is 4.86. The third-order valence-corrected chi connectivity index (χ3v) is 5.22. The summed E-state index contributed by atoms with van der Waals surface area (Å²) in [5.74, 6) is -0.123. The molecule has 0 unspecified atom stereocenters. The van der Waals surface area contributed by atoms with E-state index in [1.165, 1.54) is 19.3 Å². The second-order valence-corrected chi connectivity index (χ2v) is 7.31. The molecule has 1 saturated heterocycles. The van der Waals surface area contributed by atoms with Crippen molar-refractivity contribution in [3.8, 4) is 0 Å². The zero-order valence-electron chi connectivity index (χ0n) is 15.7. The first-order valence-corrected chi connectivity index (χ1v) is 9.33. The number of hydrogen-bond donors (Lipinski definition) is 1. The summed E-state index contributed by atoms with van der Waals surface area (Å²) in [6.45, 7) is 10.2. The molecule has 3 rings (SSSR count). The van der Waals surface area contributed by atoms with Crippen molar-refractivity contribution >= 4 is 11.6 Å². The second kappa shape index (κ2) is 7.52. The van der Waals surface area contributed by atoms with Crippen molar-refractivity contribution in [2.24, 2.45) is 0 Å². The van der Waals surface area contributed by atoms with Crippen LogP contribution in [0.2, 0.25) is 0 Å². The minimum absolute atomic E-state index is 0.123. The lowest BCUT2D eigenvalue weighted by Gasteiger charge is -2.39. The molecule has 0 bridgehead atoms. The molecule has 1 fully saturated rings. The van der Waals surface area contributed by atoms with Crippen molar-refractivity contribution in [2.75, 3.05) is 13.1 Å². The quantitative estimate of drug-likeness (QED) is 0.848. The van der Waals surface area contributed by atoms with Crippen LogP contribution < -0.4 is 5.32 Å². The molecule has 25 heavy (non-hydrogen) atoms. The number of hydrogen-bond acceptors (Lipinski definition) is 4. The summed E-state index contributed by atoms with van der Waals surface area (Å²) in [5.41, 5.74) is 3.07. The highest BCUT2D eigenvalue weighted by Gasteiger charge is 2.23. The van der Waals surface area contributed by atoms with Gasteiger partial charge in [0.05, 0.1) is 0 Å². The van der Waals surface area contributed by atoms with Gasteiger partial charge in [0.1, 0.15) is 0 Å². The SMILES string of the molecule is Cc1cc(C)n2nc(C(=O)NCCCN3[C@@H](C)CCC[C@@H]3C)cc2n1. The normalized spacial score (nSPS) is 21.6. The highest BCUT2D eigenvalue weighted by atomic mass is 16.1. The number of amides is 1. The summed E-state index contributed by atoms with van der Waals surface area (Å²) in [6, 6.07) is 5.01. The van der Waals surface area contributed by atoms with Crippen LogP contribution in [-0.2, 0) is 0 Å². The number of carbonyl (C=O) groups excluding carboxylic acids is 1. The van der Waals surface area contributed by atoms with Crippen LogP contribution in [-0.4, -0.2) is 50.6 Å². The maximum Gasteiger partial charge on any atom is 0.271 e. The van der Waals surface area contributed by atoms with Crippen LogP contribution in [0.3, 0.4) is 0 Å². The van der Waals surface area contributed by atoms with Crippen molar-refractivity contribution < 1.29 is 4.79 Å². The van der Waals surface area contributed by atoms with Crippen LogP contribution in [0, 0.1) is 13.8 Å². The Morgan fingerprint density at radius 3 is 2.68 bits per heavy atom. The second-order valence-electron chi connectivity index (χ2n) is 7.31. The molecule has 1 amide bonds. The van der Waals surface area contributed by atoms with Gasteiger partial charge >= 0.3 is 0 Å². The lowest BCUT2D eigenvalue weighted by atomic mass is 9.97. The maximum atomic E-state index is 12.4. The van der Waals surface area contributed by atoms with Crippen molar-refractivity contribution in [3.05, 3.63) is 29.2 Å². The summed E-state index contributed by atoms with van der Waals surface area (Å²) < 4.78 is 1.72. The average Bonchev–Trinajstić information content (AvgIpc) is 2.98. The van der Waals surface area contributed by atoms with E-state index >= 15 is 0 Å². The lowest BCUT2D eigenvalue weighted by molar-refractivity contribution is 0.0921. The molecule has 2 aromatic heterocycles. The average molecular weight is 343 g/mol. The van der Waals surface area contributed by atoms with Crippen LogP contribution in [0.4, 0.5) is 0 Å². The van der Waals surface area contributed by atoms with E-state index < -0.39 is 0 Å². The standard InChI is InChI=1S/C19H29N5O/c1-13-11-16(4)24-18(21-13)12-17(22-24)19(25)20-9-6-10-23-14(2)7-5-8-15(23)3/h11-12,14-15H,5-10H2,1-4H3,(H,20,25)/t14-,15-/m0/s1. The van der Waals surface area contributed by atoms with Gasteiger partial charge in [-0.05, 0) is 53.0 Å². The summed E-state index contributed by atoms with van der Waals surface area (Å²) in [4.78, 5) is 19.4. The van der Waals surface area contributed by atoms with Crippen LogP contribution in [0.5, 0.6) is 0 Å². The molecule has 6 nitrogen and oxygen atoms in total. The molecule has 0 saturated carbocycles. The first-order valence-electron chi connectivity index (χ1n) is 9.33. The van der Waals surface area contributed by atoms with Gasteiger partial charge in [0, 0.05) is 42.6 Å². The van der Waals surface area contributed by atoms with E-state index in [0.717, 1.165) is 30.0 Å². The molecule has 1 aliphatic heterocycles. The van der Waals surface area contributed by atoms with Crippen molar-refractivity contribution in [2.45, 2.75) is 65.5 Å². The van der Waals surface area contributed by atoms with Crippen LogP contribution in [0.15, 0.2) is 12.1 Å². The first-order chi connectivity index (χ1) is 12.0. The number of carbonyl (C=O) groups is 1. The number of piperidine rings is 1. The number of aryl methyl sites for hydroxylation is 2. The van der Waals surface area contributed by atoms with Crippen molar-refractivity contribution in [3.63, 3.8) is 0 Å². The minimum Gasteiger partial charge on any atom is -0.351 e. The number of nitrogens with one attached hydrogen (secondary N) is 1. The Morgan fingerprint density at radius 1 is 1.24 bits per heavy atom. The molecular formula is C19H29N5O. The van der Waals surface area contributed by atoms with Gasteiger partial charge in [-0.15, -0.1) is 0 Å². The zero-order valence-corrected chi connectivity index (χ0v) is 15.7. The Kier molecular flexibility index (Phi) is 5.37. The topological polar surface area (TPSA) is 62.5 Å². The highest BCUT2D eigenvalue weighted by molar-refractivity contribution is 5.93. The number of rotatable bonds is 5. The third kappa shape index (κ3) is 4.00. The molecule has 1 N–H and O–H groups in total. The van der Waals surface area contributed by atoms with Gasteiger partial charge < -0.3 is 5.32 Å². The first kappa shape index (κ1) is 17.9. The molecular weight excluding hydrogens is 314 g/mol. The Labute approximate surface area is 149 Å². The Morgan fingerprint density at radius 2 is 1.96 bits per heavy atom. The number of aromatic nitrogens is 3. The van der Waals surface area contributed by atoms with E-state index in [1.54, 1.807) is 10.6 Å². The van der Waals surface area contributed by atoms with Gasteiger partial charge in [-0.3, -0.25) is 9.69 Å². The Hall–Kier alpha value is -1.95. The molecule has 0 radical (unpaired) electrons. The number of fused-ring (bicyclic) bond motifs is 1. The molecule has 6 heteroatoms. The van der Waals surface area contributed by atoms with Crippen molar-refractivity contribution in [1.82, 2.24) is 24.8 Å². The fraction of sp³-hybridized carbons (Fsp3) is 0.632. The van der Waals surface area contributed by atoms with E-state index in [4.69, 9.17) is 0 Å². The predicted octanol–water partition coefficient (Wildman–Crippen LogP) is 2.73. The molecule has 0 aliphatic carbocycles. The minimum atomic E-state index is -0.123. The number of nitrogens with zero attached hydrogens (tertiary/aromatic N) is 4. The van der Waals surface area contributed by atoms with Gasteiger partial charge in [0.15, 0.2) is 11.3 Å². The fourth-order valence-corrected chi connectivity index (χ4v) is 3.87. The van der Waals surface area contributed by atoms with E-state index in [-0.39, 0.29) is 5.91 Å². The van der Waals surface area contributed by atoms with Gasteiger partial charge in [0.2, 0.25) is 0 Å². The predicted molar refractivity (Wildman–Crippen MR) is 98.9 cm³/mol. The van der Waals surface area contributed by atoms with Gasteiger partial charge in [-0.2, -0.15) is 5.10 Å².